The number of benzene rings is 2. The second-order valence-electron chi connectivity index (χ2n) is 7.76. The zero-order valence-corrected chi connectivity index (χ0v) is 20.9. The number of hydrogen-bond acceptors (Lipinski definition) is 5. The molecule has 2 rings (SSSR count). The number of urea groups is 1. The molecule has 1 unspecified atom stereocenters. The van der Waals surface area contributed by atoms with E-state index in [-0.39, 0.29) is 19.3 Å². The molecule has 2 aromatic rings. The summed E-state index contributed by atoms with van der Waals surface area (Å²) in [5, 5.41) is 25.9. The van der Waals surface area contributed by atoms with E-state index in [0.29, 0.717) is 41.8 Å². The number of carboxylic acid groups (broad SMARTS) is 2. The van der Waals surface area contributed by atoms with E-state index in [2.05, 4.69) is 16.0 Å². The summed E-state index contributed by atoms with van der Waals surface area (Å²) in [6.45, 7) is 1.23. The molecule has 10 nitrogen and oxygen atoms in total. The number of nitrogens with zero attached hydrogens (tertiary/aromatic N) is 1. The number of carbonyl (C=O) groups is 4. The van der Waals surface area contributed by atoms with Gasteiger partial charge in [-0.2, -0.15) is 0 Å². The molecule has 0 bridgehead atoms. The Balaban J connectivity index is 1.88. The van der Waals surface area contributed by atoms with Crippen molar-refractivity contribution in [3.63, 3.8) is 0 Å². The van der Waals surface area contributed by atoms with Crippen LogP contribution in [0, 0.1) is 0 Å². The number of nitrogens with one attached hydrogen (secondary N) is 3. The van der Waals surface area contributed by atoms with Gasteiger partial charge in [-0.25, -0.2) is 9.59 Å². The van der Waals surface area contributed by atoms with Crippen molar-refractivity contribution in [2.45, 2.75) is 25.3 Å². The SMILES string of the molecule is O=C(O)Cc1cccc(NC(=O)CCC(NC(=O)Nc2ccc(N(CCCl)CCCl)cc2)C(=O)O)c1. The molecular formula is C24H28Cl2N4O6. The molecule has 1 atom stereocenters. The highest BCUT2D eigenvalue weighted by Crippen LogP contribution is 2.18. The number of alkyl halides is 2. The summed E-state index contributed by atoms with van der Waals surface area (Å²) in [4.78, 5) is 49.0. The van der Waals surface area contributed by atoms with Crippen LogP contribution in [-0.2, 0) is 20.8 Å². The van der Waals surface area contributed by atoms with Crippen LogP contribution in [0.15, 0.2) is 48.5 Å². The number of carbonyl (C=O) groups excluding carboxylic acids is 2. The van der Waals surface area contributed by atoms with E-state index in [9.17, 15) is 24.3 Å². The average Bonchev–Trinajstić information content (AvgIpc) is 2.81. The van der Waals surface area contributed by atoms with E-state index < -0.39 is 29.9 Å². The molecular weight excluding hydrogens is 511 g/mol. The Kier molecular flexibility index (Phi) is 11.8. The van der Waals surface area contributed by atoms with Gasteiger partial charge in [0.05, 0.1) is 6.42 Å². The number of hydrogen-bond donors (Lipinski definition) is 5. The lowest BCUT2D eigenvalue weighted by Gasteiger charge is -2.23. The molecule has 0 aliphatic carbocycles. The lowest BCUT2D eigenvalue weighted by Crippen LogP contribution is -2.43. The molecule has 0 aliphatic heterocycles. The number of halogens is 2. The lowest BCUT2D eigenvalue weighted by molar-refractivity contribution is -0.139. The quantitative estimate of drug-likeness (QED) is 0.231. The van der Waals surface area contributed by atoms with Crippen LogP contribution in [0.4, 0.5) is 21.9 Å². The minimum Gasteiger partial charge on any atom is -0.481 e. The maximum absolute atomic E-state index is 12.3. The molecule has 0 saturated carbocycles. The summed E-state index contributed by atoms with van der Waals surface area (Å²) in [5.74, 6) is -1.88. The first-order chi connectivity index (χ1) is 17.2. The summed E-state index contributed by atoms with van der Waals surface area (Å²) in [6, 6.07) is 11.3. The summed E-state index contributed by atoms with van der Waals surface area (Å²) in [7, 11) is 0. The van der Waals surface area contributed by atoms with Gasteiger partial charge in [0.2, 0.25) is 5.91 Å². The van der Waals surface area contributed by atoms with Gasteiger partial charge >= 0.3 is 18.0 Å². The molecule has 0 radical (unpaired) electrons. The van der Waals surface area contributed by atoms with Crippen LogP contribution >= 0.6 is 23.2 Å². The lowest BCUT2D eigenvalue weighted by atomic mass is 10.1. The Morgan fingerprint density at radius 2 is 1.56 bits per heavy atom. The van der Waals surface area contributed by atoms with Gasteiger partial charge in [-0.05, 0) is 48.4 Å². The Labute approximate surface area is 218 Å². The van der Waals surface area contributed by atoms with Crippen LogP contribution in [0.25, 0.3) is 0 Å². The van der Waals surface area contributed by atoms with Crippen molar-refractivity contribution >= 4 is 64.1 Å². The second-order valence-corrected chi connectivity index (χ2v) is 8.51. The van der Waals surface area contributed by atoms with Gasteiger partial charge in [-0.15, -0.1) is 23.2 Å². The van der Waals surface area contributed by atoms with E-state index in [4.69, 9.17) is 28.3 Å². The first-order valence-electron chi connectivity index (χ1n) is 11.1. The zero-order valence-electron chi connectivity index (χ0n) is 19.4. The zero-order chi connectivity index (χ0) is 26.5. The molecule has 3 amide bonds. The van der Waals surface area contributed by atoms with Crippen LogP contribution in [0.2, 0.25) is 0 Å². The third-order valence-electron chi connectivity index (χ3n) is 5.03. The Hall–Kier alpha value is -3.50. The molecule has 0 fully saturated rings. The molecule has 12 heteroatoms. The fourth-order valence-electron chi connectivity index (χ4n) is 3.35. The minimum atomic E-state index is -1.30. The average molecular weight is 539 g/mol. The molecule has 0 spiro atoms. The van der Waals surface area contributed by atoms with E-state index in [1.807, 2.05) is 4.90 Å². The minimum absolute atomic E-state index is 0.145. The summed E-state index contributed by atoms with van der Waals surface area (Å²) in [5.41, 5.74) is 2.25. The van der Waals surface area contributed by atoms with Crippen molar-refractivity contribution in [3.05, 3.63) is 54.1 Å². The highest BCUT2D eigenvalue weighted by Gasteiger charge is 2.21. The highest BCUT2D eigenvalue weighted by molar-refractivity contribution is 6.18. The summed E-state index contributed by atoms with van der Waals surface area (Å²) in [6.07, 6.45) is -0.508. The number of amides is 3. The van der Waals surface area contributed by atoms with Crippen molar-refractivity contribution < 1.29 is 29.4 Å². The van der Waals surface area contributed by atoms with Gasteiger partial charge in [0.1, 0.15) is 6.04 Å². The predicted molar refractivity (Wildman–Crippen MR) is 139 cm³/mol. The molecule has 0 heterocycles. The maximum Gasteiger partial charge on any atom is 0.326 e. The number of anilines is 3. The Bertz CT molecular complexity index is 1050. The van der Waals surface area contributed by atoms with Gasteiger partial charge in [0, 0.05) is 48.3 Å². The van der Waals surface area contributed by atoms with Gasteiger partial charge in [-0.3, -0.25) is 9.59 Å². The summed E-state index contributed by atoms with van der Waals surface area (Å²) >= 11 is 11.6. The van der Waals surface area contributed by atoms with Gasteiger partial charge in [0.15, 0.2) is 0 Å². The number of carboxylic acids is 2. The molecule has 194 valence electrons. The first kappa shape index (κ1) is 28.7. The van der Waals surface area contributed by atoms with E-state index >= 15 is 0 Å². The predicted octanol–water partition coefficient (Wildman–Crippen LogP) is 3.59. The van der Waals surface area contributed by atoms with Crippen molar-refractivity contribution in [3.8, 4) is 0 Å². The van der Waals surface area contributed by atoms with E-state index in [0.717, 1.165) is 5.69 Å². The Morgan fingerprint density at radius 3 is 2.14 bits per heavy atom. The monoisotopic (exact) mass is 538 g/mol. The fourth-order valence-corrected chi connectivity index (χ4v) is 3.75. The molecule has 0 saturated heterocycles. The van der Waals surface area contributed by atoms with Crippen molar-refractivity contribution in [2.75, 3.05) is 40.4 Å². The van der Waals surface area contributed by atoms with Gasteiger partial charge in [-0.1, -0.05) is 12.1 Å². The third kappa shape index (κ3) is 10.0. The standard InChI is InChI=1S/C24H28Cl2N4O6/c25-10-12-30(13-11-26)19-6-4-17(5-7-19)28-24(36)29-20(23(34)35)8-9-21(31)27-18-3-1-2-16(14-18)15-22(32)33/h1-7,14,20H,8-13,15H2,(H,27,31)(H,32,33)(H,34,35)(H2,28,29,36). The number of aliphatic carboxylic acids is 2. The molecule has 36 heavy (non-hydrogen) atoms. The normalized spacial score (nSPS) is 11.3. The molecule has 5 N–H and O–H groups in total. The van der Waals surface area contributed by atoms with Crippen molar-refractivity contribution in [2.24, 2.45) is 0 Å². The van der Waals surface area contributed by atoms with Gasteiger partial charge < -0.3 is 31.1 Å². The molecule has 0 aliphatic rings. The van der Waals surface area contributed by atoms with Crippen LogP contribution in [0.5, 0.6) is 0 Å². The summed E-state index contributed by atoms with van der Waals surface area (Å²) < 4.78 is 0. The van der Waals surface area contributed by atoms with Crippen LogP contribution < -0.4 is 20.9 Å². The fraction of sp³-hybridized carbons (Fsp3) is 0.333. The first-order valence-corrected chi connectivity index (χ1v) is 12.2. The van der Waals surface area contributed by atoms with Crippen LogP contribution in [0.1, 0.15) is 18.4 Å². The molecule has 2 aromatic carbocycles. The number of rotatable bonds is 14. The largest absolute Gasteiger partial charge is 0.481 e. The van der Waals surface area contributed by atoms with Crippen LogP contribution in [-0.4, -0.2) is 65.0 Å². The van der Waals surface area contributed by atoms with Crippen molar-refractivity contribution in [1.29, 1.82) is 0 Å². The third-order valence-corrected chi connectivity index (χ3v) is 5.37. The second kappa shape index (κ2) is 14.8. The van der Waals surface area contributed by atoms with E-state index in [1.54, 1.807) is 42.5 Å². The van der Waals surface area contributed by atoms with Crippen molar-refractivity contribution in [1.82, 2.24) is 5.32 Å². The maximum atomic E-state index is 12.3. The van der Waals surface area contributed by atoms with Crippen LogP contribution in [0.3, 0.4) is 0 Å². The molecule has 0 aromatic heterocycles. The topological polar surface area (TPSA) is 148 Å². The Morgan fingerprint density at radius 1 is 0.889 bits per heavy atom. The smallest absolute Gasteiger partial charge is 0.326 e. The van der Waals surface area contributed by atoms with Gasteiger partial charge in [0.25, 0.3) is 0 Å². The highest BCUT2D eigenvalue weighted by atomic mass is 35.5. The van der Waals surface area contributed by atoms with E-state index in [1.165, 1.54) is 6.07 Å².